The quantitative estimate of drug-likeness (QED) is 0.622. The molecule has 2 nitrogen and oxygen atoms in total. The van der Waals surface area contributed by atoms with Crippen molar-refractivity contribution in [1.29, 1.82) is 0 Å². The number of nitrogens with two attached hydrogens (primary N) is 1. The van der Waals surface area contributed by atoms with Gasteiger partial charge >= 0.3 is 0 Å². The highest BCUT2D eigenvalue weighted by molar-refractivity contribution is 14.1. The van der Waals surface area contributed by atoms with E-state index in [9.17, 15) is 4.39 Å². The molecule has 1 aliphatic heterocycles. The fourth-order valence-electron chi connectivity index (χ4n) is 2.31. The molecular weight excluding hydrogens is 330 g/mol. The summed E-state index contributed by atoms with van der Waals surface area (Å²) in [5.74, 6) is 1.19. The first kappa shape index (κ1) is 12.9. The van der Waals surface area contributed by atoms with Crippen LogP contribution in [0.15, 0.2) is 12.1 Å². The van der Waals surface area contributed by atoms with Crippen LogP contribution in [-0.4, -0.2) is 13.1 Å². The third kappa shape index (κ3) is 2.67. The van der Waals surface area contributed by atoms with Gasteiger partial charge in [0.25, 0.3) is 0 Å². The average molecular weight is 348 g/mol. The molecule has 1 saturated heterocycles. The van der Waals surface area contributed by atoms with Crippen LogP contribution in [0.5, 0.6) is 0 Å². The number of piperidine rings is 1. The van der Waals surface area contributed by atoms with Gasteiger partial charge in [0.2, 0.25) is 0 Å². The molecule has 4 heteroatoms. The molecule has 0 aliphatic carbocycles. The maximum atomic E-state index is 13.6. The van der Waals surface area contributed by atoms with E-state index in [1.54, 1.807) is 12.1 Å². The van der Waals surface area contributed by atoms with Gasteiger partial charge < -0.3 is 10.6 Å². The summed E-state index contributed by atoms with van der Waals surface area (Å²) in [6.07, 6.45) is 1.15. The average Bonchev–Trinajstić information content (AvgIpc) is 2.27. The van der Waals surface area contributed by atoms with E-state index >= 15 is 0 Å². The third-order valence-electron chi connectivity index (χ3n) is 3.74. The van der Waals surface area contributed by atoms with Gasteiger partial charge in [-0.25, -0.2) is 4.39 Å². The Hall–Kier alpha value is -0.520. The van der Waals surface area contributed by atoms with Crippen LogP contribution in [0, 0.1) is 21.2 Å². The van der Waals surface area contributed by atoms with Gasteiger partial charge in [0.15, 0.2) is 0 Å². The van der Waals surface area contributed by atoms with E-state index in [4.69, 9.17) is 5.73 Å². The predicted octanol–water partition coefficient (Wildman–Crippen LogP) is 3.49. The van der Waals surface area contributed by atoms with Crippen molar-refractivity contribution in [3.63, 3.8) is 0 Å². The Balaban J connectivity index is 2.26. The molecule has 0 bridgehead atoms. The lowest BCUT2D eigenvalue weighted by Crippen LogP contribution is -2.38. The monoisotopic (exact) mass is 348 g/mol. The highest BCUT2D eigenvalue weighted by atomic mass is 127. The molecular formula is C13H18FIN2. The van der Waals surface area contributed by atoms with Crippen LogP contribution in [0.4, 0.5) is 15.8 Å². The summed E-state index contributed by atoms with van der Waals surface area (Å²) in [4.78, 5) is 2.21. The maximum absolute atomic E-state index is 13.6. The Morgan fingerprint density at radius 3 is 2.71 bits per heavy atom. The number of benzene rings is 1. The first-order valence-electron chi connectivity index (χ1n) is 5.98. The number of anilines is 2. The van der Waals surface area contributed by atoms with Gasteiger partial charge in [0.1, 0.15) is 5.82 Å². The molecule has 2 rings (SSSR count). The van der Waals surface area contributed by atoms with Crippen LogP contribution in [0.3, 0.4) is 0 Å². The first-order valence-corrected chi connectivity index (χ1v) is 7.06. The summed E-state index contributed by atoms with van der Waals surface area (Å²) in [5.41, 5.74) is 7.52. The van der Waals surface area contributed by atoms with Crippen LogP contribution >= 0.6 is 22.6 Å². The summed E-state index contributed by atoms with van der Waals surface area (Å²) in [6, 6.07) is 3.29. The van der Waals surface area contributed by atoms with Gasteiger partial charge in [-0.05, 0) is 46.9 Å². The Bertz CT molecular complexity index is 422. The molecule has 1 fully saturated rings. The molecule has 2 atom stereocenters. The second-order valence-corrected chi connectivity index (χ2v) is 6.18. The lowest BCUT2D eigenvalue weighted by Gasteiger charge is -2.37. The minimum atomic E-state index is -0.180. The van der Waals surface area contributed by atoms with Crippen molar-refractivity contribution in [2.75, 3.05) is 23.7 Å². The number of hydrogen-bond donors (Lipinski definition) is 1. The third-order valence-corrected chi connectivity index (χ3v) is 4.57. The van der Waals surface area contributed by atoms with Crippen LogP contribution in [0.25, 0.3) is 0 Å². The van der Waals surface area contributed by atoms with Crippen LogP contribution in [-0.2, 0) is 0 Å². The second-order valence-electron chi connectivity index (χ2n) is 5.01. The topological polar surface area (TPSA) is 29.3 Å². The zero-order chi connectivity index (χ0) is 12.6. The highest BCUT2D eigenvalue weighted by Crippen LogP contribution is 2.32. The van der Waals surface area contributed by atoms with Crippen molar-refractivity contribution >= 4 is 34.0 Å². The molecule has 1 heterocycles. The van der Waals surface area contributed by atoms with Gasteiger partial charge in [-0.1, -0.05) is 13.8 Å². The minimum absolute atomic E-state index is 0.180. The van der Waals surface area contributed by atoms with Crippen molar-refractivity contribution in [3.8, 4) is 0 Å². The zero-order valence-corrected chi connectivity index (χ0v) is 12.4. The Kier molecular flexibility index (Phi) is 3.80. The second kappa shape index (κ2) is 5.00. The molecule has 0 radical (unpaired) electrons. The van der Waals surface area contributed by atoms with E-state index in [0.29, 0.717) is 15.2 Å². The molecule has 2 N–H and O–H groups in total. The number of rotatable bonds is 1. The Morgan fingerprint density at radius 2 is 2.06 bits per heavy atom. The molecule has 1 aromatic carbocycles. The van der Waals surface area contributed by atoms with Gasteiger partial charge in [-0.3, -0.25) is 0 Å². The summed E-state index contributed by atoms with van der Waals surface area (Å²) in [5, 5.41) is 0. The Labute approximate surface area is 116 Å². The van der Waals surface area contributed by atoms with E-state index in [1.165, 1.54) is 0 Å². The molecule has 94 valence electrons. The van der Waals surface area contributed by atoms with Crippen molar-refractivity contribution in [2.24, 2.45) is 11.8 Å². The van der Waals surface area contributed by atoms with Gasteiger partial charge in [0.05, 0.1) is 14.9 Å². The lowest BCUT2D eigenvalue weighted by molar-refractivity contribution is 0.324. The van der Waals surface area contributed by atoms with E-state index in [0.717, 1.165) is 31.1 Å². The smallest absolute Gasteiger partial charge is 0.138 e. The largest absolute Gasteiger partial charge is 0.397 e. The Morgan fingerprint density at radius 1 is 1.35 bits per heavy atom. The maximum Gasteiger partial charge on any atom is 0.138 e. The summed E-state index contributed by atoms with van der Waals surface area (Å²) < 4.78 is 14.2. The summed E-state index contributed by atoms with van der Waals surface area (Å²) in [6.45, 7) is 6.46. The normalized spacial score (nSPS) is 25.1. The number of nitrogen functional groups attached to an aromatic ring is 1. The van der Waals surface area contributed by atoms with Gasteiger partial charge in [-0.2, -0.15) is 0 Å². The van der Waals surface area contributed by atoms with E-state index in [-0.39, 0.29) is 5.82 Å². The lowest BCUT2D eigenvalue weighted by atomic mass is 9.88. The van der Waals surface area contributed by atoms with E-state index in [1.807, 2.05) is 22.6 Å². The molecule has 17 heavy (non-hydrogen) atoms. The molecule has 0 amide bonds. The van der Waals surface area contributed by atoms with Crippen LogP contribution in [0.2, 0.25) is 0 Å². The molecule has 0 saturated carbocycles. The van der Waals surface area contributed by atoms with Crippen molar-refractivity contribution in [3.05, 3.63) is 21.5 Å². The number of hydrogen-bond acceptors (Lipinski definition) is 2. The fraction of sp³-hybridized carbons (Fsp3) is 0.538. The fourth-order valence-corrected chi connectivity index (χ4v) is 2.80. The van der Waals surface area contributed by atoms with Crippen LogP contribution in [0.1, 0.15) is 20.3 Å². The SMILES string of the molecule is CC1CCN(c2cc(F)c(I)cc2N)CC1C. The number of nitrogens with zero attached hydrogens (tertiary/aromatic N) is 1. The van der Waals surface area contributed by atoms with Crippen molar-refractivity contribution < 1.29 is 4.39 Å². The van der Waals surface area contributed by atoms with Crippen molar-refractivity contribution in [1.82, 2.24) is 0 Å². The summed E-state index contributed by atoms with van der Waals surface area (Å²) >= 11 is 1.97. The molecule has 0 spiro atoms. The first-order chi connectivity index (χ1) is 7.99. The molecule has 2 unspecified atom stereocenters. The minimum Gasteiger partial charge on any atom is -0.397 e. The zero-order valence-electron chi connectivity index (χ0n) is 10.2. The van der Waals surface area contributed by atoms with E-state index in [2.05, 4.69) is 18.7 Å². The summed E-state index contributed by atoms with van der Waals surface area (Å²) in [7, 11) is 0. The predicted molar refractivity (Wildman–Crippen MR) is 78.7 cm³/mol. The standard InChI is InChI=1S/C13H18FIN2/c1-8-3-4-17(7-9(8)2)13-5-10(14)11(15)6-12(13)16/h5-6,8-9H,3-4,7,16H2,1-2H3. The molecule has 0 aromatic heterocycles. The van der Waals surface area contributed by atoms with Gasteiger partial charge in [-0.15, -0.1) is 0 Å². The van der Waals surface area contributed by atoms with E-state index < -0.39 is 0 Å². The van der Waals surface area contributed by atoms with Crippen molar-refractivity contribution in [2.45, 2.75) is 20.3 Å². The van der Waals surface area contributed by atoms with Crippen LogP contribution < -0.4 is 10.6 Å². The number of halogens is 2. The van der Waals surface area contributed by atoms with Gasteiger partial charge in [0, 0.05) is 19.2 Å². The molecule has 1 aliphatic rings. The molecule has 1 aromatic rings. The highest BCUT2D eigenvalue weighted by Gasteiger charge is 2.24.